The molecule has 0 fully saturated rings. The molecular formula is C15H23N. The van der Waals surface area contributed by atoms with E-state index in [0.29, 0.717) is 5.92 Å². The minimum absolute atomic E-state index is 0.445. The molecule has 0 aliphatic heterocycles. The lowest BCUT2D eigenvalue weighted by atomic mass is 10.1. The standard InChI is InChI=1S/C13H17N.C2H6/c1-5-7-12-11(6-2)8-9-14-13(12)10(3)4;1-2/h5-10H,1H2,2-4H3;1-2H3/b11-6-,12-7+;. The number of aromatic nitrogens is 1. The maximum atomic E-state index is 4.41. The molecule has 0 atom stereocenters. The third-order valence-corrected chi connectivity index (χ3v) is 2.20. The van der Waals surface area contributed by atoms with E-state index in [-0.39, 0.29) is 0 Å². The number of rotatable bonds is 2. The molecule has 1 aromatic heterocycles. The second-order valence-corrected chi connectivity index (χ2v) is 3.54. The van der Waals surface area contributed by atoms with E-state index in [0.717, 1.165) is 5.69 Å². The van der Waals surface area contributed by atoms with Gasteiger partial charge in [0.05, 0.1) is 5.69 Å². The monoisotopic (exact) mass is 217 g/mol. The molecule has 1 nitrogen and oxygen atoms in total. The molecule has 0 aliphatic carbocycles. The molecule has 0 aromatic carbocycles. The molecule has 0 aliphatic rings. The molecule has 0 radical (unpaired) electrons. The number of nitrogens with zero attached hydrogens (tertiary/aromatic N) is 1. The van der Waals surface area contributed by atoms with E-state index in [1.807, 2.05) is 45.2 Å². The molecule has 16 heavy (non-hydrogen) atoms. The maximum absolute atomic E-state index is 4.41. The Morgan fingerprint density at radius 2 is 1.94 bits per heavy atom. The fourth-order valence-electron chi connectivity index (χ4n) is 1.52. The summed E-state index contributed by atoms with van der Waals surface area (Å²) in [5.74, 6) is 0.445. The average Bonchev–Trinajstić information content (AvgIpc) is 2.32. The number of hydrogen-bond acceptors (Lipinski definition) is 1. The Morgan fingerprint density at radius 3 is 2.38 bits per heavy atom. The summed E-state index contributed by atoms with van der Waals surface area (Å²) in [6.07, 6.45) is 7.81. The van der Waals surface area contributed by atoms with Crippen LogP contribution in [0, 0.1) is 0 Å². The topological polar surface area (TPSA) is 12.9 Å². The van der Waals surface area contributed by atoms with Gasteiger partial charge in [0.1, 0.15) is 0 Å². The van der Waals surface area contributed by atoms with Crippen molar-refractivity contribution in [1.82, 2.24) is 4.98 Å². The van der Waals surface area contributed by atoms with E-state index in [4.69, 9.17) is 0 Å². The van der Waals surface area contributed by atoms with Gasteiger partial charge < -0.3 is 0 Å². The van der Waals surface area contributed by atoms with Gasteiger partial charge in [-0.3, -0.25) is 4.98 Å². The van der Waals surface area contributed by atoms with Crippen molar-refractivity contribution in [1.29, 1.82) is 0 Å². The smallest absolute Gasteiger partial charge is 0.0507 e. The Morgan fingerprint density at radius 1 is 1.31 bits per heavy atom. The highest BCUT2D eigenvalue weighted by molar-refractivity contribution is 5.40. The molecule has 0 N–H and O–H groups in total. The molecule has 1 heterocycles. The summed E-state index contributed by atoms with van der Waals surface area (Å²) in [5, 5.41) is 2.42. The Hall–Kier alpha value is -1.37. The summed E-state index contributed by atoms with van der Waals surface area (Å²) in [6, 6.07) is 2.03. The molecule has 1 rings (SSSR count). The first kappa shape index (κ1) is 14.6. The lowest BCUT2D eigenvalue weighted by Crippen LogP contribution is -2.30. The van der Waals surface area contributed by atoms with Gasteiger partial charge in [-0.15, -0.1) is 0 Å². The van der Waals surface area contributed by atoms with E-state index < -0.39 is 0 Å². The Balaban J connectivity index is 0.00000106. The highest BCUT2D eigenvalue weighted by atomic mass is 14.7. The van der Waals surface area contributed by atoms with Crippen LogP contribution in [0.1, 0.15) is 46.2 Å². The molecule has 0 unspecified atom stereocenters. The first-order valence-electron chi connectivity index (χ1n) is 5.94. The van der Waals surface area contributed by atoms with Gasteiger partial charge in [-0.25, -0.2) is 0 Å². The minimum atomic E-state index is 0.445. The molecule has 0 saturated heterocycles. The molecule has 1 heteroatoms. The third-order valence-electron chi connectivity index (χ3n) is 2.20. The lowest BCUT2D eigenvalue weighted by molar-refractivity contribution is 0.811. The zero-order chi connectivity index (χ0) is 12.6. The van der Waals surface area contributed by atoms with E-state index in [9.17, 15) is 0 Å². The Labute approximate surface area is 99.2 Å². The molecule has 0 spiro atoms. The molecule has 1 aromatic rings. The predicted octanol–water partition coefficient (Wildman–Crippen LogP) is 3.00. The van der Waals surface area contributed by atoms with Crippen LogP contribution in [0.5, 0.6) is 0 Å². The summed E-state index contributed by atoms with van der Waals surface area (Å²) < 4.78 is 0. The molecule has 88 valence electrons. The van der Waals surface area contributed by atoms with E-state index >= 15 is 0 Å². The molecular weight excluding hydrogens is 194 g/mol. The van der Waals surface area contributed by atoms with Crippen LogP contribution in [0.4, 0.5) is 0 Å². The van der Waals surface area contributed by atoms with Crippen molar-refractivity contribution in [2.45, 2.75) is 40.5 Å². The van der Waals surface area contributed by atoms with Crippen molar-refractivity contribution >= 4 is 12.2 Å². The van der Waals surface area contributed by atoms with Gasteiger partial charge in [0.15, 0.2) is 0 Å². The summed E-state index contributed by atoms with van der Waals surface area (Å²) in [4.78, 5) is 4.41. The van der Waals surface area contributed by atoms with Crippen molar-refractivity contribution in [2.24, 2.45) is 0 Å². The van der Waals surface area contributed by atoms with Crippen molar-refractivity contribution in [3.05, 3.63) is 41.0 Å². The zero-order valence-corrected chi connectivity index (χ0v) is 11.1. The fraction of sp³-hybridized carbons (Fsp3) is 0.400. The van der Waals surface area contributed by atoms with E-state index in [2.05, 4.69) is 31.5 Å². The van der Waals surface area contributed by atoms with Crippen molar-refractivity contribution in [2.75, 3.05) is 0 Å². The predicted molar refractivity (Wildman–Crippen MR) is 73.7 cm³/mol. The SMILES string of the molecule is C=C/C=c1/c(C(C)C)ncc/c1=C/C.CC. The van der Waals surface area contributed by atoms with Crippen LogP contribution >= 0.6 is 0 Å². The number of pyridine rings is 1. The Bertz CT molecular complexity index is 427. The molecule has 0 bridgehead atoms. The normalized spacial score (nSPS) is 12.4. The highest BCUT2D eigenvalue weighted by Crippen LogP contribution is 2.03. The summed E-state index contributed by atoms with van der Waals surface area (Å²) in [7, 11) is 0. The quantitative estimate of drug-likeness (QED) is 0.742. The van der Waals surface area contributed by atoms with Gasteiger partial charge in [-0.05, 0) is 24.1 Å². The minimum Gasteiger partial charge on any atom is -0.260 e. The van der Waals surface area contributed by atoms with Crippen LogP contribution in [0.15, 0.2) is 24.9 Å². The van der Waals surface area contributed by atoms with Crippen molar-refractivity contribution in [3.8, 4) is 0 Å². The maximum Gasteiger partial charge on any atom is 0.0507 e. The fourth-order valence-corrected chi connectivity index (χ4v) is 1.52. The van der Waals surface area contributed by atoms with Gasteiger partial charge in [0.2, 0.25) is 0 Å². The van der Waals surface area contributed by atoms with Crippen LogP contribution in [0.2, 0.25) is 0 Å². The largest absolute Gasteiger partial charge is 0.260 e. The molecule has 0 saturated carbocycles. The average molecular weight is 217 g/mol. The van der Waals surface area contributed by atoms with Gasteiger partial charge in [0, 0.05) is 11.4 Å². The number of allylic oxidation sites excluding steroid dienone is 1. The first-order valence-corrected chi connectivity index (χ1v) is 5.94. The van der Waals surface area contributed by atoms with Crippen molar-refractivity contribution < 1.29 is 0 Å². The lowest BCUT2D eigenvalue weighted by Gasteiger charge is -2.05. The second kappa shape index (κ2) is 7.86. The molecule has 0 amide bonds. The van der Waals surface area contributed by atoms with Crippen molar-refractivity contribution in [3.63, 3.8) is 0 Å². The first-order chi connectivity index (χ1) is 7.70. The highest BCUT2D eigenvalue weighted by Gasteiger charge is 2.01. The third kappa shape index (κ3) is 3.65. The second-order valence-electron chi connectivity index (χ2n) is 3.54. The van der Waals surface area contributed by atoms with E-state index in [1.54, 1.807) is 0 Å². The van der Waals surface area contributed by atoms with Gasteiger partial charge in [-0.1, -0.05) is 52.5 Å². The van der Waals surface area contributed by atoms with Crippen LogP contribution in [0.3, 0.4) is 0 Å². The van der Waals surface area contributed by atoms with Gasteiger partial charge >= 0.3 is 0 Å². The van der Waals surface area contributed by atoms with Crippen LogP contribution in [0.25, 0.3) is 12.2 Å². The summed E-state index contributed by atoms with van der Waals surface area (Å²) >= 11 is 0. The van der Waals surface area contributed by atoms with Crippen LogP contribution in [-0.2, 0) is 0 Å². The van der Waals surface area contributed by atoms with E-state index in [1.165, 1.54) is 10.4 Å². The summed E-state index contributed by atoms with van der Waals surface area (Å²) in [6.45, 7) is 14.1. The van der Waals surface area contributed by atoms with Gasteiger partial charge in [-0.2, -0.15) is 0 Å². The zero-order valence-electron chi connectivity index (χ0n) is 11.1. The van der Waals surface area contributed by atoms with Crippen LogP contribution < -0.4 is 10.4 Å². The summed E-state index contributed by atoms with van der Waals surface area (Å²) in [5.41, 5.74) is 1.14. The Kier molecular flexibility index (Phi) is 7.19. The van der Waals surface area contributed by atoms with Gasteiger partial charge in [0.25, 0.3) is 0 Å². The van der Waals surface area contributed by atoms with Crippen LogP contribution in [-0.4, -0.2) is 4.98 Å². The number of hydrogen-bond donors (Lipinski definition) is 0.